The second kappa shape index (κ2) is 10.1. The lowest BCUT2D eigenvalue weighted by Gasteiger charge is -2.26. The molecule has 2 atom stereocenters. The molecule has 2 unspecified atom stereocenters. The molecule has 148 valence electrons. The Labute approximate surface area is 164 Å². The Hall–Kier alpha value is -3.35. The molecule has 0 aliphatic rings. The predicted octanol–water partition coefficient (Wildman–Crippen LogP) is 2.61. The zero-order valence-corrected chi connectivity index (χ0v) is 15.8. The number of rotatable bonds is 9. The van der Waals surface area contributed by atoms with Gasteiger partial charge < -0.3 is 21.9 Å². The summed E-state index contributed by atoms with van der Waals surface area (Å²) in [5, 5.41) is 12.2. The molecule has 2 rings (SSSR count). The van der Waals surface area contributed by atoms with Gasteiger partial charge in [-0.05, 0) is 35.6 Å². The molecule has 0 saturated carbocycles. The Morgan fingerprint density at radius 2 is 1.82 bits per heavy atom. The van der Waals surface area contributed by atoms with Crippen LogP contribution in [0.4, 0.5) is 5.69 Å². The zero-order valence-electron chi connectivity index (χ0n) is 15.8. The van der Waals surface area contributed by atoms with Gasteiger partial charge in [-0.15, -0.1) is 0 Å². The Morgan fingerprint density at radius 3 is 2.43 bits per heavy atom. The highest BCUT2D eigenvalue weighted by molar-refractivity contribution is 5.95. The van der Waals surface area contributed by atoms with E-state index in [2.05, 4.69) is 10.3 Å². The van der Waals surface area contributed by atoms with E-state index in [0.717, 1.165) is 12.0 Å². The van der Waals surface area contributed by atoms with Crippen LogP contribution in [0.2, 0.25) is 0 Å². The van der Waals surface area contributed by atoms with E-state index in [1.54, 1.807) is 24.3 Å². The molecule has 0 aliphatic carbocycles. The normalized spacial score (nSPS) is 12.6. The van der Waals surface area contributed by atoms with Gasteiger partial charge in [-0.1, -0.05) is 49.7 Å². The average molecular weight is 382 g/mol. The Bertz CT molecular complexity index is 833. The van der Waals surface area contributed by atoms with Crippen molar-refractivity contribution in [1.82, 2.24) is 5.32 Å². The molecule has 28 heavy (non-hydrogen) atoms. The number of carbonyl (C=O) groups is 2. The van der Waals surface area contributed by atoms with Gasteiger partial charge in [0.05, 0.1) is 12.1 Å². The summed E-state index contributed by atoms with van der Waals surface area (Å²) in [6, 6.07) is 16.2. The molecule has 0 aromatic heterocycles. The fraction of sp³-hybridized carbons (Fsp3) is 0.286. The van der Waals surface area contributed by atoms with Crippen molar-refractivity contribution >= 4 is 23.5 Å². The van der Waals surface area contributed by atoms with Gasteiger partial charge in [0.15, 0.2) is 5.96 Å². The quantitative estimate of drug-likeness (QED) is 0.391. The molecule has 7 heteroatoms. The van der Waals surface area contributed by atoms with Crippen LogP contribution in [0, 0.1) is 5.92 Å². The molecule has 0 spiro atoms. The molecule has 0 radical (unpaired) electrons. The highest BCUT2D eigenvalue weighted by Gasteiger charge is 2.25. The van der Waals surface area contributed by atoms with Gasteiger partial charge in [0.25, 0.3) is 5.91 Å². The largest absolute Gasteiger partial charge is 0.481 e. The van der Waals surface area contributed by atoms with E-state index in [0.29, 0.717) is 17.8 Å². The van der Waals surface area contributed by atoms with Crippen LogP contribution in [0.3, 0.4) is 0 Å². The highest BCUT2D eigenvalue weighted by atomic mass is 16.4. The summed E-state index contributed by atoms with van der Waals surface area (Å²) < 4.78 is 0. The van der Waals surface area contributed by atoms with Crippen LogP contribution in [0.25, 0.3) is 0 Å². The number of carbonyl (C=O) groups excluding carboxylic acids is 1. The average Bonchev–Trinajstić information content (AvgIpc) is 2.67. The lowest BCUT2D eigenvalue weighted by atomic mass is 9.82. The van der Waals surface area contributed by atoms with Crippen molar-refractivity contribution in [2.45, 2.75) is 25.7 Å². The van der Waals surface area contributed by atoms with Crippen LogP contribution in [0.5, 0.6) is 0 Å². The topological polar surface area (TPSA) is 131 Å². The maximum absolute atomic E-state index is 12.5. The number of aliphatic imine (C=N–C) groups is 1. The summed E-state index contributed by atoms with van der Waals surface area (Å²) in [5.41, 5.74) is 12.6. The second-order valence-electron chi connectivity index (χ2n) is 6.58. The minimum Gasteiger partial charge on any atom is -0.481 e. The molecule has 6 N–H and O–H groups in total. The van der Waals surface area contributed by atoms with Crippen molar-refractivity contribution in [2.24, 2.45) is 22.4 Å². The first-order valence-electron chi connectivity index (χ1n) is 9.15. The number of nitrogens with one attached hydrogen (secondary N) is 1. The van der Waals surface area contributed by atoms with Crippen LogP contribution in [0.15, 0.2) is 59.6 Å². The Kier molecular flexibility index (Phi) is 7.56. The number of aliphatic carboxylic acids is 1. The molecule has 2 aromatic rings. The van der Waals surface area contributed by atoms with Crippen molar-refractivity contribution in [3.05, 3.63) is 65.7 Å². The third-order valence-corrected chi connectivity index (χ3v) is 4.61. The highest BCUT2D eigenvalue weighted by Crippen LogP contribution is 2.30. The third kappa shape index (κ3) is 6.12. The van der Waals surface area contributed by atoms with E-state index in [4.69, 9.17) is 11.5 Å². The molecule has 1 amide bonds. The van der Waals surface area contributed by atoms with Gasteiger partial charge >= 0.3 is 5.97 Å². The van der Waals surface area contributed by atoms with Crippen LogP contribution in [0.1, 0.15) is 41.6 Å². The van der Waals surface area contributed by atoms with E-state index in [-0.39, 0.29) is 30.1 Å². The van der Waals surface area contributed by atoms with Crippen LogP contribution < -0.4 is 16.8 Å². The third-order valence-electron chi connectivity index (χ3n) is 4.61. The summed E-state index contributed by atoms with van der Waals surface area (Å²) in [7, 11) is 0. The molecule has 7 nitrogen and oxygen atoms in total. The number of nitrogens with two attached hydrogens (primary N) is 2. The number of carboxylic acids is 1. The Morgan fingerprint density at radius 1 is 1.11 bits per heavy atom. The van der Waals surface area contributed by atoms with E-state index < -0.39 is 5.97 Å². The van der Waals surface area contributed by atoms with Gasteiger partial charge in [-0.25, -0.2) is 4.99 Å². The molecular weight excluding hydrogens is 356 g/mol. The summed E-state index contributed by atoms with van der Waals surface area (Å²) in [6.45, 7) is 2.36. The number of benzene rings is 2. The van der Waals surface area contributed by atoms with Gasteiger partial charge in [0.2, 0.25) is 0 Å². The van der Waals surface area contributed by atoms with Gasteiger partial charge in [0, 0.05) is 12.1 Å². The van der Waals surface area contributed by atoms with Crippen LogP contribution in [-0.4, -0.2) is 29.5 Å². The molecule has 0 fully saturated rings. The number of amides is 1. The number of nitrogens with zero attached hydrogens (tertiary/aromatic N) is 1. The molecule has 0 saturated heterocycles. The van der Waals surface area contributed by atoms with Gasteiger partial charge in [0.1, 0.15) is 0 Å². The second-order valence-corrected chi connectivity index (χ2v) is 6.58. The maximum atomic E-state index is 12.5. The van der Waals surface area contributed by atoms with Crippen LogP contribution in [-0.2, 0) is 4.79 Å². The summed E-state index contributed by atoms with van der Waals surface area (Å²) in [6.07, 6.45) is 0.750. The van der Waals surface area contributed by atoms with Gasteiger partial charge in [-0.2, -0.15) is 0 Å². The lowest BCUT2D eigenvalue weighted by molar-refractivity contribution is -0.137. The van der Waals surface area contributed by atoms with Crippen LogP contribution >= 0.6 is 0 Å². The summed E-state index contributed by atoms with van der Waals surface area (Å²) in [5.74, 6) is -1.39. The van der Waals surface area contributed by atoms with Crippen molar-refractivity contribution in [1.29, 1.82) is 0 Å². The number of carboxylic acid groups (broad SMARTS) is 1. The van der Waals surface area contributed by atoms with Crippen molar-refractivity contribution < 1.29 is 14.7 Å². The molecule has 0 aliphatic heterocycles. The summed E-state index contributed by atoms with van der Waals surface area (Å²) in [4.78, 5) is 27.9. The number of hydrogen-bond acceptors (Lipinski definition) is 3. The fourth-order valence-corrected chi connectivity index (χ4v) is 3.21. The number of guanidine groups is 1. The fourth-order valence-electron chi connectivity index (χ4n) is 3.21. The zero-order chi connectivity index (χ0) is 20.5. The number of hydrogen-bond donors (Lipinski definition) is 4. The van der Waals surface area contributed by atoms with Crippen molar-refractivity contribution in [2.75, 3.05) is 6.54 Å². The van der Waals surface area contributed by atoms with E-state index >= 15 is 0 Å². The van der Waals surface area contributed by atoms with Crippen molar-refractivity contribution in [3.63, 3.8) is 0 Å². The lowest BCUT2D eigenvalue weighted by Crippen LogP contribution is -2.32. The first-order chi connectivity index (χ1) is 13.4. The minimum atomic E-state index is -0.858. The molecule has 0 bridgehead atoms. The Balaban J connectivity index is 2.12. The first-order valence-corrected chi connectivity index (χ1v) is 9.15. The summed E-state index contributed by atoms with van der Waals surface area (Å²) >= 11 is 0. The van der Waals surface area contributed by atoms with E-state index in [9.17, 15) is 14.7 Å². The van der Waals surface area contributed by atoms with Crippen molar-refractivity contribution in [3.8, 4) is 0 Å². The standard InChI is InChI=1S/C21H26N4O3/c1-2-14(18(12-19(26)27)15-7-4-3-5-8-15)13-24-20(28)16-9-6-10-17(11-16)25-21(22)23/h3-11,14,18H,2,12-13H2,1H3,(H,24,28)(H,26,27)(H4,22,23,25). The van der Waals surface area contributed by atoms with Gasteiger partial charge in [-0.3, -0.25) is 9.59 Å². The molecular formula is C21H26N4O3. The first kappa shape index (κ1) is 21.0. The monoisotopic (exact) mass is 382 g/mol. The van der Waals surface area contributed by atoms with E-state index in [1.165, 1.54) is 0 Å². The smallest absolute Gasteiger partial charge is 0.303 e. The minimum absolute atomic E-state index is 0.0108. The SMILES string of the molecule is CCC(CNC(=O)c1cccc(N=C(N)N)c1)C(CC(=O)O)c1ccccc1. The molecule has 0 heterocycles. The van der Waals surface area contributed by atoms with E-state index in [1.807, 2.05) is 37.3 Å². The maximum Gasteiger partial charge on any atom is 0.303 e. The predicted molar refractivity (Wildman–Crippen MR) is 109 cm³/mol. The molecule has 2 aromatic carbocycles.